The third-order valence-corrected chi connectivity index (χ3v) is 8.45. The van der Waals surface area contributed by atoms with Crippen molar-refractivity contribution in [3.8, 4) is 5.88 Å². The number of amides is 2. The molecule has 5 rings (SSSR count). The first-order chi connectivity index (χ1) is 18.7. The number of benzene rings is 1. The van der Waals surface area contributed by atoms with Crippen LogP contribution < -0.4 is 9.64 Å². The summed E-state index contributed by atoms with van der Waals surface area (Å²) >= 11 is 6.39. The van der Waals surface area contributed by atoms with Crippen molar-refractivity contribution >= 4 is 29.3 Å². The molecule has 2 aliphatic heterocycles. The molecule has 206 valence electrons. The fraction of sp³-hybridized carbons (Fsp3) is 0.433. The van der Waals surface area contributed by atoms with E-state index >= 15 is 0 Å². The number of carbonyl (C=O) groups is 2. The lowest BCUT2D eigenvalue weighted by Gasteiger charge is -2.25. The van der Waals surface area contributed by atoms with Crippen LogP contribution in [0.2, 0.25) is 5.02 Å². The third kappa shape index (κ3) is 5.82. The van der Waals surface area contributed by atoms with Gasteiger partial charge in [-0.1, -0.05) is 17.7 Å². The molecule has 2 amide bonds. The summed E-state index contributed by atoms with van der Waals surface area (Å²) in [5.41, 5.74) is 4.20. The molecule has 0 N–H and O–H groups in total. The lowest BCUT2D eigenvalue weighted by Crippen LogP contribution is -2.37. The molecule has 0 bridgehead atoms. The zero-order valence-corrected chi connectivity index (χ0v) is 23.8. The van der Waals surface area contributed by atoms with Crippen molar-refractivity contribution in [1.29, 1.82) is 0 Å². The van der Waals surface area contributed by atoms with E-state index in [0.29, 0.717) is 29.3 Å². The Kier molecular flexibility index (Phi) is 7.96. The summed E-state index contributed by atoms with van der Waals surface area (Å²) in [5, 5.41) is 0.618. The third-order valence-electron chi connectivity index (χ3n) is 8.04. The molecule has 2 aromatic heterocycles. The molecule has 3 aromatic rings. The molecule has 2 aliphatic rings. The molecule has 8 nitrogen and oxygen atoms in total. The van der Waals surface area contributed by atoms with E-state index in [0.717, 1.165) is 67.2 Å². The number of rotatable bonds is 7. The summed E-state index contributed by atoms with van der Waals surface area (Å²) in [5.74, 6) is 1.54. The zero-order valence-electron chi connectivity index (χ0n) is 23.1. The van der Waals surface area contributed by atoms with E-state index in [1.165, 1.54) is 0 Å². The number of aryl methyl sites for hydroxylation is 4. The topological polar surface area (TPSA) is 70.9 Å². The van der Waals surface area contributed by atoms with Gasteiger partial charge in [0.2, 0.25) is 5.88 Å². The van der Waals surface area contributed by atoms with Crippen molar-refractivity contribution in [2.75, 3.05) is 44.2 Å². The number of aromatic nitrogens is 2. The van der Waals surface area contributed by atoms with E-state index in [9.17, 15) is 9.59 Å². The van der Waals surface area contributed by atoms with Gasteiger partial charge in [-0.25, -0.2) is 4.79 Å². The Balaban J connectivity index is 1.18. The minimum Gasteiger partial charge on any atom is -0.393 e. The largest absolute Gasteiger partial charge is 0.421 e. The quantitative estimate of drug-likeness (QED) is 0.410. The van der Waals surface area contributed by atoms with E-state index in [1.807, 2.05) is 69.2 Å². The van der Waals surface area contributed by atoms with E-state index < -0.39 is 6.09 Å². The minimum absolute atomic E-state index is 0.100. The molecule has 2 unspecified atom stereocenters. The molecule has 0 radical (unpaired) electrons. The molecular formula is C30H36ClN5O3. The van der Waals surface area contributed by atoms with Crippen molar-refractivity contribution < 1.29 is 14.3 Å². The second-order valence-corrected chi connectivity index (χ2v) is 11.2. The average Bonchev–Trinajstić information content (AvgIpc) is 3.58. The molecule has 2 atom stereocenters. The molecule has 2 saturated heterocycles. The van der Waals surface area contributed by atoms with Gasteiger partial charge in [-0.2, -0.15) is 0 Å². The van der Waals surface area contributed by atoms with Crippen molar-refractivity contribution in [2.24, 2.45) is 18.9 Å². The predicted molar refractivity (Wildman–Crippen MR) is 153 cm³/mol. The second-order valence-electron chi connectivity index (χ2n) is 10.8. The summed E-state index contributed by atoms with van der Waals surface area (Å²) < 4.78 is 7.46. The number of carbonyl (C=O) groups excluding carboxylic acids is 2. The van der Waals surface area contributed by atoms with Crippen LogP contribution >= 0.6 is 11.6 Å². The van der Waals surface area contributed by atoms with Crippen LogP contribution in [-0.4, -0.2) is 70.6 Å². The molecule has 9 heteroatoms. The van der Waals surface area contributed by atoms with Gasteiger partial charge < -0.3 is 19.1 Å². The van der Waals surface area contributed by atoms with Crippen LogP contribution in [0.1, 0.15) is 33.6 Å². The fourth-order valence-electron chi connectivity index (χ4n) is 5.84. The number of fused-ring (bicyclic) bond motifs is 1. The maximum atomic E-state index is 13.2. The van der Waals surface area contributed by atoms with Gasteiger partial charge in [0, 0.05) is 68.9 Å². The SMILES string of the molecule is Cc1ccc(N(CCCN2CC3CN(C(=O)c4c(C)ccnc4C)CC3C2)C(=O)Oc2cccn2C)cc1Cl. The Labute approximate surface area is 235 Å². The molecule has 0 spiro atoms. The van der Waals surface area contributed by atoms with Crippen LogP contribution in [-0.2, 0) is 7.05 Å². The Morgan fingerprint density at radius 1 is 1.05 bits per heavy atom. The first-order valence-corrected chi connectivity index (χ1v) is 13.9. The highest BCUT2D eigenvalue weighted by molar-refractivity contribution is 6.31. The van der Waals surface area contributed by atoms with Crippen LogP contribution in [0.5, 0.6) is 5.88 Å². The Hall–Kier alpha value is -3.36. The predicted octanol–water partition coefficient (Wildman–Crippen LogP) is 5.10. The normalized spacial score (nSPS) is 18.8. The summed E-state index contributed by atoms with van der Waals surface area (Å²) in [6.45, 7) is 10.7. The van der Waals surface area contributed by atoms with Gasteiger partial charge in [0.1, 0.15) is 0 Å². The van der Waals surface area contributed by atoms with E-state index in [-0.39, 0.29) is 5.91 Å². The van der Waals surface area contributed by atoms with Crippen molar-refractivity contribution in [1.82, 2.24) is 19.4 Å². The molecular weight excluding hydrogens is 514 g/mol. The number of nitrogens with zero attached hydrogens (tertiary/aromatic N) is 5. The Morgan fingerprint density at radius 3 is 2.44 bits per heavy atom. The van der Waals surface area contributed by atoms with Crippen LogP contribution in [0.15, 0.2) is 48.8 Å². The number of anilines is 1. The monoisotopic (exact) mass is 549 g/mol. The van der Waals surface area contributed by atoms with Crippen molar-refractivity contribution in [3.05, 3.63) is 76.2 Å². The molecule has 2 fully saturated rings. The van der Waals surface area contributed by atoms with Gasteiger partial charge in [0.05, 0.1) is 11.3 Å². The smallest absolute Gasteiger partial charge is 0.393 e. The lowest BCUT2D eigenvalue weighted by molar-refractivity contribution is 0.0772. The van der Waals surface area contributed by atoms with Gasteiger partial charge in [-0.15, -0.1) is 0 Å². The van der Waals surface area contributed by atoms with Gasteiger partial charge >= 0.3 is 6.09 Å². The lowest BCUT2D eigenvalue weighted by atomic mass is 10.0. The van der Waals surface area contributed by atoms with Crippen LogP contribution in [0.4, 0.5) is 10.5 Å². The Bertz CT molecular complexity index is 1340. The summed E-state index contributed by atoms with van der Waals surface area (Å²) in [7, 11) is 1.84. The number of likely N-dealkylation sites (tertiary alicyclic amines) is 2. The van der Waals surface area contributed by atoms with Crippen LogP contribution in [0, 0.1) is 32.6 Å². The van der Waals surface area contributed by atoms with Crippen molar-refractivity contribution in [2.45, 2.75) is 27.2 Å². The number of ether oxygens (including phenoxy) is 1. The number of hydrogen-bond donors (Lipinski definition) is 0. The highest BCUT2D eigenvalue weighted by Gasteiger charge is 2.42. The molecule has 0 saturated carbocycles. The first-order valence-electron chi connectivity index (χ1n) is 13.5. The molecule has 4 heterocycles. The van der Waals surface area contributed by atoms with E-state index in [4.69, 9.17) is 16.3 Å². The zero-order chi connectivity index (χ0) is 27.7. The maximum Gasteiger partial charge on any atom is 0.421 e. The summed E-state index contributed by atoms with van der Waals surface area (Å²) in [6.07, 6.45) is 3.97. The molecule has 1 aromatic carbocycles. The second kappa shape index (κ2) is 11.4. The van der Waals surface area contributed by atoms with Crippen molar-refractivity contribution in [3.63, 3.8) is 0 Å². The highest BCUT2D eigenvalue weighted by Crippen LogP contribution is 2.33. The van der Waals surface area contributed by atoms with Gasteiger partial charge in [0.25, 0.3) is 5.91 Å². The fourth-order valence-corrected chi connectivity index (χ4v) is 6.01. The van der Waals surface area contributed by atoms with E-state index in [2.05, 4.69) is 9.88 Å². The van der Waals surface area contributed by atoms with Gasteiger partial charge in [-0.3, -0.25) is 14.7 Å². The molecule has 39 heavy (non-hydrogen) atoms. The number of halogens is 1. The Morgan fingerprint density at radius 2 is 1.79 bits per heavy atom. The van der Waals surface area contributed by atoms with Gasteiger partial charge in [-0.05, 0) is 81.0 Å². The first kappa shape index (κ1) is 27.2. The van der Waals surface area contributed by atoms with Crippen LogP contribution in [0.3, 0.4) is 0 Å². The van der Waals surface area contributed by atoms with Crippen LogP contribution in [0.25, 0.3) is 0 Å². The summed E-state index contributed by atoms with van der Waals surface area (Å²) in [6, 6.07) is 11.2. The van der Waals surface area contributed by atoms with Gasteiger partial charge in [0.15, 0.2) is 0 Å². The highest BCUT2D eigenvalue weighted by atomic mass is 35.5. The van der Waals surface area contributed by atoms with E-state index in [1.54, 1.807) is 21.7 Å². The number of hydrogen-bond acceptors (Lipinski definition) is 5. The summed E-state index contributed by atoms with van der Waals surface area (Å²) in [4.78, 5) is 36.9. The number of pyridine rings is 1. The standard InChI is InChI=1S/C30H36ClN5O3/c1-20-8-9-25(15-26(20)31)36(30(38)39-27-7-5-12-33(27)4)14-6-13-34-16-23-18-35(19-24(23)17-34)29(37)28-21(2)10-11-32-22(28)3/h5,7-12,15,23-24H,6,13-14,16-19H2,1-4H3. The maximum absolute atomic E-state index is 13.2. The minimum atomic E-state index is -0.426. The average molecular weight is 550 g/mol. The molecule has 0 aliphatic carbocycles.